The van der Waals surface area contributed by atoms with Gasteiger partial charge in [0.05, 0.1) is 17.0 Å². The molecule has 0 aliphatic rings. The van der Waals surface area contributed by atoms with E-state index in [4.69, 9.17) is 4.74 Å². The van der Waals surface area contributed by atoms with Crippen LogP contribution in [-0.4, -0.2) is 18.4 Å². The number of carbonyl (C=O) groups is 1. The molecule has 2 aromatic rings. The second kappa shape index (κ2) is 3.53. The molecule has 0 amide bonds. The molecule has 0 aromatic carbocycles. The van der Waals surface area contributed by atoms with E-state index < -0.39 is 0 Å². The number of methoxy groups -OCH3 is 1. The molecule has 0 atom stereocenters. The van der Waals surface area contributed by atoms with Crippen molar-refractivity contribution in [2.24, 2.45) is 0 Å². The van der Waals surface area contributed by atoms with Crippen molar-refractivity contribution in [3.05, 3.63) is 16.0 Å². The van der Waals surface area contributed by atoms with E-state index in [0.29, 0.717) is 6.61 Å². The highest BCUT2D eigenvalue weighted by atomic mass is 32.2. The highest BCUT2D eigenvalue weighted by molar-refractivity contribution is 7.38. The summed E-state index contributed by atoms with van der Waals surface area (Å²) < 4.78 is 6.06. The lowest BCUT2D eigenvalue weighted by molar-refractivity contribution is 0.112. The summed E-state index contributed by atoms with van der Waals surface area (Å²) in [6, 6.07) is 1.81. The predicted molar refractivity (Wildman–Crippen MR) is 53.6 cm³/mol. The Labute approximate surface area is 83.0 Å². The maximum Gasteiger partial charge on any atom is 0.160 e. The lowest BCUT2D eigenvalue weighted by Gasteiger charge is -1.88. The first-order valence-corrected chi connectivity index (χ1v) is 5.30. The standard InChI is InChI=1S/C8H7NO2S2/c1-11-4-7-9-6-2-5(3-10)12-8(6)13-7/h2-3H,4H2,1H3. The van der Waals surface area contributed by atoms with Crippen molar-refractivity contribution in [1.82, 2.24) is 4.98 Å². The van der Waals surface area contributed by atoms with Crippen molar-refractivity contribution in [2.75, 3.05) is 7.11 Å². The van der Waals surface area contributed by atoms with Crippen LogP contribution in [-0.2, 0) is 11.3 Å². The van der Waals surface area contributed by atoms with E-state index in [2.05, 4.69) is 4.98 Å². The van der Waals surface area contributed by atoms with Crippen LogP contribution in [0.1, 0.15) is 14.7 Å². The smallest absolute Gasteiger partial charge is 0.160 e. The van der Waals surface area contributed by atoms with Gasteiger partial charge in [0, 0.05) is 7.11 Å². The normalized spacial score (nSPS) is 10.8. The van der Waals surface area contributed by atoms with Crippen molar-refractivity contribution >= 4 is 38.5 Å². The molecular formula is C8H7NO2S2. The molecule has 3 nitrogen and oxygen atoms in total. The molecule has 0 fully saturated rings. The number of aldehydes is 1. The molecule has 2 heterocycles. The zero-order valence-electron chi connectivity index (χ0n) is 6.94. The zero-order valence-corrected chi connectivity index (χ0v) is 8.58. The number of aromatic nitrogens is 1. The third-order valence-corrected chi connectivity index (χ3v) is 3.72. The quantitative estimate of drug-likeness (QED) is 0.734. The third-order valence-electron chi connectivity index (χ3n) is 1.54. The van der Waals surface area contributed by atoms with Gasteiger partial charge in [-0.15, -0.1) is 22.7 Å². The van der Waals surface area contributed by atoms with Crippen LogP contribution in [0.3, 0.4) is 0 Å². The summed E-state index contributed by atoms with van der Waals surface area (Å²) in [5, 5.41) is 0.959. The Bertz CT molecular complexity index is 401. The maximum atomic E-state index is 10.4. The summed E-state index contributed by atoms with van der Waals surface area (Å²) in [6.45, 7) is 0.544. The number of fused-ring (bicyclic) bond motifs is 1. The topological polar surface area (TPSA) is 39.2 Å². The Kier molecular flexibility index (Phi) is 2.39. The van der Waals surface area contributed by atoms with Gasteiger partial charge in [-0.25, -0.2) is 4.98 Å². The number of thiazole rings is 1. The molecule has 13 heavy (non-hydrogen) atoms. The third kappa shape index (κ3) is 1.63. The summed E-state index contributed by atoms with van der Waals surface area (Å²) in [5.74, 6) is 0. The monoisotopic (exact) mass is 213 g/mol. The molecule has 5 heteroatoms. The molecule has 0 spiro atoms. The van der Waals surface area contributed by atoms with E-state index in [1.807, 2.05) is 6.07 Å². The molecule has 2 rings (SSSR count). The second-order valence-corrected chi connectivity index (χ2v) is 4.91. The van der Waals surface area contributed by atoms with E-state index in [9.17, 15) is 4.79 Å². The Morgan fingerprint density at radius 3 is 3.08 bits per heavy atom. The van der Waals surface area contributed by atoms with Gasteiger partial charge in [-0.2, -0.15) is 0 Å². The SMILES string of the molecule is COCc1nc2cc(C=O)sc2s1. The Balaban J connectivity index is 2.42. The van der Waals surface area contributed by atoms with Crippen LogP contribution < -0.4 is 0 Å². The number of thiophene rings is 1. The van der Waals surface area contributed by atoms with Crippen LogP contribution in [0.2, 0.25) is 0 Å². The predicted octanol–water partition coefficient (Wildman–Crippen LogP) is 2.32. The summed E-state index contributed by atoms with van der Waals surface area (Å²) in [6.07, 6.45) is 0.856. The number of hydrogen-bond donors (Lipinski definition) is 0. The van der Waals surface area contributed by atoms with E-state index in [-0.39, 0.29) is 0 Å². The summed E-state index contributed by atoms with van der Waals surface area (Å²) >= 11 is 3.06. The fourth-order valence-corrected chi connectivity index (χ4v) is 3.17. The molecule has 68 valence electrons. The Hall–Kier alpha value is -0.780. The average Bonchev–Trinajstić information content (AvgIpc) is 2.61. The van der Waals surface area contributed by atoms with Crippen LogP contribution in [0.4, 0.5) is 0 Å². The van der Waals surface area contributed by atoms with Gasteiger partial charge in [-0.3, -0.25) is 4.79 Å². The van der Waals surface area contributed by atoms with Crippen LogP contribution in [0, 0.1) is 0 Å². The highest BCUT2D eigenvalue weighted by Crippen LogP contribution is 2.30. The van der Waals surface area contributed by atoms with E-state index in [1.165, 1.54) is 11.3 Å². The fraction of sp³-hybridized carbons (Fsp3) is 0.250. The minimum absolute atomic E-state index is 0.544. The van der Waals surface area contributed by atoms with Crippen molar-refractivity contribution < 1.29 is 9.53 Å². The van der Waals surface area contributed by atoms with Crippen molar-refractivity contribution in [3.8, 4) is 0 Å². The van der Waals surface area contributed by atoms with Gasteiger partial charge < -0.3 is 4.74 Å². The van der Waals surface area contributed by atoms with E-state index in [1.54, 1.807) is 18.4 Å². The van der Waals surface area contributed by atoms with Gasteiger partial charge in [-0.05, 0) is 6.07 Å². The molecule has 0 aliphatic carbocycles. The van der Waals surface area contributed by atoms with Crippen LogP contribution in [0.15, 0.2) is 6.07 Å². The number of hydrogen-bond acceptors (Lipinski definition) is 5. The van der Waals surface area contributed by atoms with Crippen LogP contribution in [0.25, 0.3) is 9.53 Å². The summed E-state index contributed by atoms with van der Waals surface area (Å²) in [4.78, 5) is 15.5. The van der Waals surface area contributed by atoms with Crippen molar-refractivity contribution in [1.29, 1.82) is 0 Å². The van der Waals surface area contributed by atoms with Crippen LogP contribution in [0.5, 0.6) is 0 Å². The van der Waals surface area contributed by atoms with Gasteiger partial charge in [0.15, 0.2) is 6.29 Å². The first kappa shape index (κ1) is 8.80. The molecule has 0 saturated carbocycles. The van der Waals surface area contributed by atoms with Crippen molar-refractivity contribution in [2.45, 2.75) is 6.61 Å². The van der Waals surface area contributed by atoms with Gasteiger partial charge >= 0.3 is 0 Å². The number of ether oxygens (including phenoxy) is 1. The lowest BCUT2D eigenvalue weighted by atomic mass is 10.5. The maximum absolute atomic E-state index is 10.4. The second-order valence-electron chi connectivity index (χ2n) is 2.48. The summed E-state index contributed by atoms with van der Waals surface area (Å²) in [5.41, 5.74) is 0.907. The van der Waals surface area contributed by atoms with E-state index in [0.717, 1.165) is 25.7 Å². The lowest BCUT2D eigenvalue weighted by Crippen LogP contribution is -1.83. The molecule has 0 radical (unpaired) electrons. The molecule has 0 bridgehead atoms. The average molecular weight is 213 g/mol. The van der Waals surface area contributed by atoms with E-state index >= 15 is 0 Å². The minimum Gasteiger partial charge on any atom is -0.378 e. The fourth-order valence-electron chi connectivity index (χ4n) is 1.04. The number of carbonyl (C=O) groups excluding carboxylic acids is 1. The molecule has 0 unspecified atom stereocenters. The van der Waals surface area contributed by atoms with Crippen molar-refractivity contribution in [3.63, 3.8) is 0 Å². The Morgan fingerprint density at radius 1 is 1.62 bits per heavy atom. The number of rotatable bonds is 3. The molecule has 2 aromatic heterocycles. The highest BCUT2D eigenvalue weighted by Gasteiger charge is 2.07. The molecular weight excluding hydrogens is 206 g/mol. The minimum atomic E-state index is 0.544. The van der Waals surface area contributed by atoms with Gasteiger partial charge in [0.2, 0.25) is 0 Å². The van der Waals surface area contributed by atoms with Gasteiger partial charge in [0.1, 0.15) is 9.02 Å². The first-order chi connectivity index (χ1) is 6.33. The van der Waals surface area contributed by atoms with Crippen LogP contribution >= 0.6 is 22.7 Å². The zero-order chi connectivity index (χ0) is 9.26. The van der Waals surface area contributed by atoms with Gasteiger partial charge in [0.25, 0.3) is 0 Å². The Morgan fingerprint density at radius 2 is 2.46 bits per heavy atom. The number of nitrogens with zero attached hydrogens (tertiary/aromatic N) is 1. The first-order valence-electron chi connectivity index (χ1n) is 3.67. The molecule has 0 saturated heterocycles. The molecule has 0 N–H and O–H groups in total. The van der Waals surface area contributed by atoms with Gasteiger partial charge in [-0.1, -0.05) is 0 Å². The summed E-state index contributed by atoms with van der Waals surface area (Å²) in [7, 11) is 1.65. The largest absolute Gasteiger partial charge is 0.378 e. The molecule has 0 aliphatic heterocycles.